The van der Waals surface area contributed by atoms with Crippen LogP contribution in [0, 0.1) is 11.7 Å². The molecule has 0 atom stereocenters. The molecule has 0 unspecified atom stereocenters. The molecule has 2 heterocycles. The second-order valence-electron chi connectivity index (χ2n) is 7.27. The van der Waals surface area contributed by atoms with E-state index in [2.05, 4.69) is 20.4 Å². The number of benzene rings is 2. The Kier molecular flexibility index (Phi) is 5.95. The lowest BCUT2D eigenvalue weighted by atomic mass is 9.96. The first-order chi connectivity index (χ1) is 14.2. The third-order valence-electron chi connectivity index (χ3n) is 5.20. The molecule has 0 spiro atoms. The minimum absolute atomic E-state index is 0.0347. The summed E-state index contributed by atoms with van der Waals surface area (Å²) in [7, 11) is 0. The van der Waals surface area contributed by atoms with Gasteiger partial charge in [-0.2, -0.15) is 4.98 Å². The van der Waals surface area contributed by atoms with Gasteiger partial charge in [0.05, 0.1) is 6.54 Å². The molecule has 7 heteroatoms. The number of hydrogen-bond donors (Lipinski definition) is 1. The summed E-state index contributed by atoms with van der Waals surface area (Å²) in [5.41, 5.74) is 1.82. The van der Waals surface area contributed by atoms with Gasteiger partial charge < -0.3 is 9.84 Å². The molecule has 1 fully saturated rings. The number of halogens is 1. The smallest absolute Gasteiger partial charge is 0.241 e. The summed E-state index contributed by atoms with van der Waals surface area (Å²) in [6.45, 7) is 2.72. The summed E-state index contributed by atoms with van der Waals surface area (Å²) in [4.78, 5) is 19.0. The molecule has 0 radical (unpaired) electrons. The van der Waals surface area contributed by atoms with Gasteiger partial charge >= 0.3 is 0 Å². The van der Waals surface area contributed by atoms with Gasteiger partial charge in [0, 0.05) is 18.0 Å². The van der Waals surface area contributed by atoms with E-state index in [1.54, 1.807) is 12.1 Å². The van der Waals surface area contributed by atoms with Crippen LogP contribution in [-0.4, -0.2) is 34.0 Å². The molecular weight excluding hydrogens is 371 g/mol. The Labute approximate surface area is 168 Å². The van der Waals surface area contributed by atoms with Gasteiger partial charge in [0.1, 0.15) is 5.82 Å². The van der Waals surface area contributed by atoms with Crippen LogP contribution in [0.1, 0.15) is 24.3 Å². The van der Waals surface area contributed by atoms with Gasteiger partial charge in [-0.25, -0.2) is 4.39 Å². The van der Waals surface area contributed by atoms with Crippen molar-refractivity contribution in [2.24, 2.45) is 5.92 Å². The Bertz CT molecular complexity index is 935. The van der Waals surface area contributed by atoms with Crippen LogP contribution in [0.25, 0.3) is 11.4 Å². The Morgan fingerprint density at radius 3 is 2.55 bits per heavy atom. The number of carbonyl (C=O) groups is 1. The molecule has 0 saturated carbocycles. The number of nitrogens with one attached hydrogen (secondary N) is 1. The number of aromatic nitrogens is 2. The van der Waals surface area contributed by atoms with Crippen molar-refractivity contribution in [1.29, 1.82) is 0 Å². The molecule has 1 aliphatic heterocycles. The lowest BCUT2D eigenvalue weighted by Gasteiger charge is -2.30. The number of hydrogen-bond acceptors (Lipinski definition) is 5. The fourth-order valence-electron chi connectivity index (χ4n) is 3.51. The molecule has 1 aromatic heterocycles. The van der Waals surface area contributed by atoms with Crippen molar-refractivity contribution in [2.45, 2.75) is 25.9 Å². The number of carbonyl (C=O) groups excluding carboxylic acids is 1. The van der Waals surface area contributed by atoms with Crippen molar-refractivity contribution >= 4 is 5.91 Å². The fourth-order valence-corrected chi connectivity index (χ4v) is 3.51. The predicted octanol–water partition coefficient (Wildman–Crippen LogP) is 3.40. The molecule has 3 aromatic rings. The van der Waals surface area contributed by atoms with Crippen LogP contribution in [0.3, 0.4) is 0 Å². The average molecular weight is 394 g/mol. The van der Waals surface area contributed by atoms with E-state index in [9.17, 15) is 9.18 Å². The summed E-state index contributed by atoms with van der Waals surface area (Å²) < 4.78 is 18.4. The summed E-state index contributed by atoms with van der Waals surface area (Å²) >= 11 is 0. The van der Waals surface area contributed by atoms with Crippen molar-refractivity contribution in [3.05, 3.63) is 71.9 Å². The number of amides is 1. The normalized spacial score (nSPS) is 15.3. The van der Waals surface area contributed by atoms with E-state index in [-0.39, 0.29) is 17.6 Å². The summed E-state index contributed by atoms with van der Waals surface area (Å²) in [5.74, 6) is 0.830. The molecule has 1 aliphatic rings. The topological polar surface area (TPSA) is 71.3 Å². The van der Waals surface area contributed by atoms with Gasteiger partial charge in [-0.1, -0.05) is 35.5 Å². The largest absolute Gasteiger partial charge is 0.352 e. The maximum absolute atomic E-state index is 13.0. The number of likely N-dealkylation sites (tertiary alicyclic amines) is 1. The van der Waals surface area contributed by atoms with E-state index >= 15 is 0 Å². The zero-order chi connectivity index (χ0) is 20.1. The van der Waals surface area contributed by atoms with E-state index in [4.69, 9.17) is 4.52 Å². The molecule has 4 rings (SSSR count). The van der Waals surface area contributed by atoms with Crippen LogP contribution in [0.15, 0.2) is 59.1 Å². The van der Waals surface area contributed by atoms with Crippen molar-refractivity contribution in [3.63, 3.8) is 0 Å². The monoisotopic (exact) mass is 394 g/mol. The average Bonchev–Trinajstić information content (AvgIpc) is 3.22. The molecule has 29 heavy (non-hydrogen) atoms. The Balaban J connectivity index is 1.25. The minimum atomic E-state index is -0.298. The van der Waals surface area contributed by atoms with E-state index in [1.165, 1.54) is 12.1 Å². The zero-order valence-electron chi connectivity index (χ0n) is 16.1. The molecule has 0 aliphatic carbocycles. The van der Waals surface area contributed by atoms with Crippen LogP contribution in [-0.2, 0) is 17.9 Å². The second-order valence-corrected chi connectivity index (χ2v) is 7.27. The Morgan fingerprint density at radius 1 is 1.10 bits per heavy atom. The van der Waals surface area contributed by atoms with Gasteiger partial charge in [0.15, 0.2) is 0 Å². The highest BCUT2D eigenvalue weighted by molar-refractivity contribution is 5.78. The molecule has 0 bridgehead atoms. The zero-order valence-corrected chi connectivity index (χ0v) is 16.1. The fraction of sp³-hybridized carbons (Fsp3) is 0.318. The highest BCUT2D eigenvalue weighted by Gasteiger charge is 2.25. The van der Waals surface area contributed by atoms with Crippen molar-refractivity contribution in [1.82, 2.24) is 20.4 Å². The van der Waals surface area contributed by atoms with E-state index in [0.717, 1.165) is 37.1 Å². The van der Waals surface area contributed by atoms with Gasteiger partial charge in [-0.15, -0.1) is 0 Å². The number of piperidine rings is 1. The van der Waals surface area contributed by atoms with Crippen LogP contribution < -0.4 is 5.32 Å². The highest BCUT2D eigenvalue weighted by Crippen LogP contribution is 2.21. The van der Waals surface area contributed by atoms with Crippen molar-refractivity contribution < 1.29 is 13.7 Å². The highest BCUT2D eigenvalue weighted by atomic mass is 19.1. The third-order valence-corrected chi connectivity index (χ3v) is 5.20. The predicted molar refractivity (Wildman–Crippen MR) is 106 cm³/mol. The van der Waals surface area contributed by atoms with Crippen LogP contribution in [0.2, 0.25) is 0 Å². The standard InChI is InChI=1S/C22H23FN4O2/c23-19-8-6-17(7-9-19)21-25-20(29-26-21)15-27-12-10-18(11-13-27)22(28)24-14-16-4-2-1-3-5-16/h1-9,18H,10-15H2,(H,24,28). The first-order valence-electron chi connectivity index (χ1n) is 9.80. The summed E-state index contributed by atoms with van der Waals surface area (Å²) in [5, 5.41) is 7.01. The Morgan fingerprint density at radius 2 is 1.83 bits per heavy atom. The van der Waals surface area contributed by atoms with Gasteiger partial charge in [-0.3, -0.25) is 9.69 Å². The molecule has 1 saturated heterocycles. The third kappa shape index (κ3) is 5.06. The van der Waals surface area contributed by atoms with E-state index < -0.39 is 0 Å². The van der Waals surface area contributed by atoms with Crippen molar-refractivity contribution in [3.8, 4) is 11.4 Å². The minimum Gasteiger partial charge on any atom is -0.352 e. The molecule has 2 aromatic carbocycles. The quantitative estimate of drug-likeness (QED) is 0.694. The summed E-state index contributed by atoms with van der Waals surface area (Å²) in [6, 6.07) is 15.9. The molecular formula is C22H23FN4O2. The molecule has 150 valence electrons. The maximum atomic E-state index is 13.0. The number of nitrogens with zero attached hydrogens (tertiary/aromatic N) is 3. The van der Waals surface area contributed by atoms with E-state index in [1.807, 2.05) is 30.3 Å². The van der Waals surface area contributed by atoms with Crippen LogP contribution in [0.5, 0.6) is 0 Å². The SMILES string of the molecule is O=C(NCc1ccccc1)C1CCN(Cc2nc(-c3ccc(F)cc3)no2)CC1. The summed E-state index contributed by atoms with van der Waals surface area (Å²) in [6.07, 6.45) is 1.61. The van der Waals surface area contributed by atoms with Gasteiger partial charge in [0.2, 0.25) is 17.6 Å². The second kappa shape index (κ2) is 8.96. The van der Waals surface area contributed by atoms with E-state index in [0.29, 0.717) is 24.8 Å². The van der Waals surface area contributed by atoms with Gasteiger partial charge in [0.25, 0.3) is 0 Å². The lowest BCUT2D eigenvalue weighted by Crippen LogP contribution is -2.40. The van der Waals surface area contributed by atoms with Gasteiger partial charge in [-0.05, 0) is 55.8 Å². The maximum Gasteiger partial charge on any atom is 0.241 e. The molecule has 1 amide bonds. The molecule has 1 N–H and O–H groups in total. The lowest BCUT2D eigenvalue weighted by molar-refractivity contribution is -0.126. The Hall–Kier alpha value is -3.06. The van der Waals surface area contributed by atoms with Crippen molar-refractivity contribution in [2.75, 3.05) is 13.1 Å². The molecule has 6 nitrogen and oxygen atoms in total. The first-order valence-corrected chi connectivity index (χ1v) is 9.80. The van der Waals surface area contributed by atoms with Crippen LogP contribution >= 0.6 is 0 Å². The number of rotatable bonds is 6. The first kappa shape index (κ1) is 19.3. The van der Waals surface area contributed by atoms with Crippen LogP contribution in [0.4, 0.5) is 4.39 Å².